The summed E-state index contributed by atoms with van der Waals surface area (Å²) in [5.74, 6) is 1.31. The molecule has 0 bridgehead atoms. The Morgan fingerprint density at radius 1 is 1.20 bits per heavy atom. The van der Waals surface area contributed by atoms with Gasteiger partial charge in [0.2, 0.25) is 17.7 Å². The van der Waals surface area contributed by atoms with Crippen LogP contribution in [0.25, 0.3) is 0 Å². The van der Waals surface area contributed by atoms with E-state index >= 15 is 0 Å². The van der Waals surface area contributed by atoms with E-state index in [-0.39, 0.29) is 36.1 Å². The van der Waals surface area contributed by atoms with Gasteiger partial charge in [0.25, 0.3) is 0 Å². The highest BCUT2D eigenvalue weighted by molar-refractivity contribution is 6.07. The number of rotatable bonds is 5. The van der Waals surface area contributed by atoms with Gasteiger partial charge >= 0.3 is 0 Å². The van der Waals surface area contributed by atoms with Crippen molar-refractivity contribution in [2.75, 3.05) is 32.0 Å². The molecule has 7 atom stereocenters. The summed E-state index contributed by atoms with van der Waals surface area (Å²) >= 11 is 0. The summed E-state index contributed by atoms with van der Waals surface area (Å²) in [6.07, 6.45) is 6.62. The number of anilines is 1. The molecule has 3 heterocycles. The number of carbonyl (C=O) groups excluding carboxylic acids is 3. The van der Waals surface area contributed by atoms with Crippen LogP contribution in [0.3, 0.4) is 0 Å². The van der Waals surface area contributed by atoms with E-state index in [1.165, 1.54) is 25.7 Å². The van der Waals surface area contributed by atoms with Gasteiger partial charge in [-0.15, -0.1) is 0 Å². The molecule has 5 aliphatic rings. The molecule has 8 heteroatoms. The highest BCUT2D eigenvalue weighted by atomic mass is 16.2. The van der Waals surface area contributed by atoms with Crippen molar-refractivity contribution in [1.82, 2.24) is 14.7 Å². The number of hydrogen-bond acceptors (Lipinski definition) is 5. The SMILES string of the molecule is CCN1C[C@H]2CCCC[C@H]2C2CC21C(=O)N(C)[C@@H](CC(C)(C)C)C(=O)N1C[C@]2(C[C@H]1C#N)C(=O)Nc1ccccc12. The minimum atomic E-state index is -0.944. The molecule has 6 rings (SSSR count). The zero-order valence-electron chi connectivity index (χ0n) is 25.3. The highest BCUT2D eigenvalue weighted by Gasteiger charge is 2.70. The second-order valence-electron chi connectivity index (χ2n) is 14.6. The number of hydrogen-bond donors (Lipinski definition) is 1. The van der Waals surface area contributed by atoms with Crippen molar-refractivity contribution < 1.29 is 14.4 Å². The number of likely N-dealkylation sites (N-methyl/N-ethyl adjacent to an activating group) is 2. The normalized spacial score (nSPS) is 34.7. The molecule has 8 nitrogen and oxygen atoms in total. The van der Waals surface area contributed by atoms with E-state index in [2.05, 4.69) is 44.0 Å². The number of nitrogens with zero attached hydrogens (tertiary/aromatic N) is 4. The Labute approximate surface area is 244 Å². The number of para-hydroxylation sites is 1. The molecule has 1 aromatic carbocycles. The predicted molar refractivity (Wildman–Crippen MR) is 157 cm³/mol. The summed E-state index contributed by atoms with van der Waals surface area (Å²) in [7, 11) is 1.80. The molecule has 2 saturated heterocycles. The van der Waals surface area contributed by atoms with Crippen molar-refractivity contribution in [3.05, 3.63) is 29.8 Å². The fraction of sp³-hybridized carbons (Fsp3) is 0.697. The molecule has 2 unspecified atom stereocenters. The summed E-state index contributed by atoms with van der Waals surface area (Å²) in [5.41, 5.74) is -0.0829. The first-order valence-electron chi connectivity index (χ1n) is 15.6. The number of benzene rings is 1. The molecule has 0 aromatic heterocycles. The molecule has 1 spiro atoms. The van der Waals surface area contributed by atoms with Gasteiger partial charge < -0.3 is 15.1 Å². The molecule has 2 aliphatic carbocycles. The van der Waals surface area contributed by atoms with Crippen molar-refractivity contribution in [2.45, 2.75) is 95.7 Å². The summed E-state index contributed by atoms with van der Waals surface area (Å²) in [4.78, 5) is 48.1. The Hall–Kier alpha value is -2.92. The number of nitriles is 1. The Morgan fingerprint density at radius 2 is 1.93 bits per heavy atom. The molecule has 4 fully saturated rings. The van der Waals surface area contributed by atoms with Crippen molar-refractivity contribution >= 4 is 23.4 Å². The standard InChI is InChI=1S/C33H45N5O3/c1-6-37-19-21-11-7-8-12-23(21)25-16-33(25,37)30(41)36(5)27(17-31(2,3)4)28(39)38-20-32(15-22(38)18-34)24-13-9-10-14-26(24)35-29(32)40/h9-10,13-14,21-23,25,27H,6-8,11-12,15-17,19-20H2,1-5H3,(H,35,40)/t21-,22+,23-,25?,27+,32+,33?/m1/s1. The van der Waals surface area contributed by atoms with Crippen molar-refractivity contribution in [3.63, 3.8) is 0 Å². The molecule has 220 valence electrons. The molecule has 1 aromatic rings. The highest BCUT2D eigenvalue weighted by Crippen LogP contribution is 2.62. The lowest BCUT2D eigenvalue weighted by molar-refractivity contribution is -0.152. The van der Waals surface area contributed by atoms with Crippen LogP contribution in [0.2, 0.25) is 0 Å². The number of carbonyl (C=O) groups is 3. The van der Waals surface area contributed by atoms with E-state index in [9.17, 15) is 19.6 Å². The summed E-state index contributed by atoms with van der Waals surface area (Å²) < 4.78 is 0. The monoisotopic (exact) mass is 559 g/mol. The van der Waals surface area contributed by atoms with Gasteiger partial charge in [0.1, 0.15) is 17.6 Å². The second kappa shape index (κ2) is 9.83. The van der Waals surface area contributed by atoms with Crippen LogP contribution >= 0.6 is 0 Å². The van der Waals surface area contributed by atoms with Gasteiger partial charge in [0.05, 0.1) is 11.5 Å². The van der Waals surface area contributed by atoms with Gasteiger partial charge in [0, 0.05) is 32.2 Å². The molecule has 1 N–H and O–H groups in total. The lowest BCUT2D eigenvalue weighted by Gasteiger charge is -2.47. The zero-order valence-corrected chi connectivity index (χ0v) is 25.3. The maximum absolute atomic E-state index is 14.6. The van der Waals surface area contributed by atoms with Crippen LogP contribution in [0.5, 0.6) is 0 Å². The molecular weight excluding hydrogens is 514 g/mol. The molecule has 3 aliphatic heterocycles. The average molecular weight is 560 g/mol. The number of fused-ring (bicyclic) bond motifs is 5. The van der Waals surface area contributed by atoms with Gasteiger partial charge in [-0.3, -0.25) is 19.3 Å². The van der Waals surface area contributed by atoms with E-state index < -0.39 is 23.0 Å². The maximum atomic E-state index is 14.6. The first-order chi connectivity index (χ1) is 19.5. The summed E-state index contributed by atoms with van der Waals surface area (Å²) in [6, 6.07) is 8.45. The first-order valence-corrected chi connectivity index (χ1v) is 15.6. The Kier molecular flexibility index (Phi) is 6.76. The van der Waals surface area contributed by atoms with E-state index in [1.807, 2.05) is 24.3 Å². The van der Waals surface area contributed by atoms with Crippen LogP contribution in [-0.4, -0.2) is 76.7 Å². The topological polar surface area (TPSA) is 96.8 Å². The second-order valence-corrected chi connectivity index (χ2v) is 14.6. The van der Waals surface area contributed by atoms with Gasteiger partial charge in [-0.25, -0.2) is 0 Å². The van der Waals surface area contributed by atoms with Crippen molar-refractivity contribution in [3.8, 4) is 6.07 Å². The van der Waals surface area contributed by atoms with Gasteiger partial charge in [-0.2, -0.15) is 5.26 Å². The van der Waals surface area contributed by atoms with Gasteiger partial charge in [0.15, 0.2) is 0 Å². The molecule has 3 amide bonds. The molecular formula is C33H45N5O3. The summed E-state index contributed by atoms with van der Waals surface area (Å²) in [6.45, 7) is 10.4. The Balaban J connectivity index is 1.30. The number of likely N-dealkylation sites (tertiary alicyclic amines) is 2. The number of amides is 3. The third kappa shape index (κ3) is 4.29. The largest absolute Gasteiger partial charge is 0.332 e. The van der Waals surface area contributed by atoms with E-state index in [1.54, 1.807) is 16.8 Å². The molecule has 41 heavy (non-hydrogen) atoms. The first kappa shape index (κ1) is 28.2. The summed E-state index contributed by atoms with van der Waals surface area (Å²) in [5, 5.41) is 13.2. The Morgan fingerprint density at radius 3 is 2.63 bits per heavy atom. The molecule has 0 radical (unpaired) electrons. The smallest absolute Gasteiger partial charge is 0.246 e. The van der Waals surface area contributed by atoms with E-state index in [0.717, 1.165) is 30.8 Å². The van der Waals surface area contributed by atoms with Crippen LogP contribution in [0.15, 0.2) is 24.3 Å². The molecule has 2 saturated carbocycles. The van der Waals surface area contributed by atoms with Crippen molar-refractivity contribution in [2.24, 2.45) is 23.2 Å². The zero-order chi connectivity index (χ0) is 29.3. The van der Waals surface area contributed by atoms with Crippen LogP contribution < -0.4 is 5.32 Å². The minimum Gasteiger partial charge on any atom is -0.332 e. The lowest BCUT2D eigenvalue weighted by atomic mass is 9.72. The van der Waals surface area contributed by atoms with Gasteiger partial charge in [-0.05, 0) is 67.0 Å². The van der Waals surface area contributed by atoms with Crippen molar-refractivity contribution in [1.29, 1.82) is 5.26 Å². The average Bonchev–Trinajstić information content (AvgIpc) is 3.52. The maximum Gasteiger partial charge on any atom is 0.246 e. The lowest BCUT2D eigenvalue weighted by Crippen LogP contribution is -2.61. The third-order valence-electron chi connectivity index (χ3n) is 11.0. The predicted octanol–water partition coefficient (Wildman–Crippen LogP) is 4.16. The number of piperidine rings is 1. The Bertz CT molecular complexity index is 1300. The fourth-order valence-corrected chi connectivity index (χ4v) is 8.97. The third-order valence-corrected chi connectivity index (χ3v) is 11.0. The minimum absolute atomic E-state index is 0.0577. The quantitative estimate of drug-likeness (QED) is 0.584. The fourth-order valence-electron chi connectivity index (χ4n) is 8.97. The van der Waals surface area contributed by atoms with Gasteiger partial charge in [-0.1, -0.05) is 58.7 Å². The van der Waals surface area contributed by atoms with Crippen LogP contribution in [0, 0.1) is 34.5 Å². The van der Waals surface area contributed by atoms with Crippen LogP contribution in [0.1, 0.15) is 78.2 Å². The van der Waals surface area contributed by atoms with Crippen LogP contribution in [0.4, 0.5) is 5.69 Å². The number of nitrogens with one attached hydrogen (secondary N) is 1. The van der Waals surface area contributed by atoms with E-state index in [4.69, 9.17) is 0 Å². The van der Waals surface area contributed by atoms with E-state index in [0.29, 0.717) is 24.2 Å². The van der Waals surface area contributed by atoms with Crippen LogP contribution in [-0.2, 0) is 19.8 Å².